The van der Waals surface area contributed by atoms with Gasteiger partial charge in [-0.3, -0.25) is 9.59 Å². The van der Waals surface area contributed by atoms with Crippen LogP contribution in [0.4, 0.5) is 0 Å². The number of phenols is 1. The van der Waals surface area contributed by atoms with Crippen molar-refractivity contribution in [3.63, 3.8) is 0 Å². The highest BCUT2D eigenvalue weighted by molar-refractivity contribution is 9.10. The molecule has 118 valence electrons. The smallest absolute Gasteiger partial charge is 0.233 e. The summed E-state index contributed by atoms with van der Waals surface area (Å²) in [6.45, 7) is 8.17. The molecule has 0 heterocycles. The first-order valence-corrected chi connectivity index (χ1v) is 8.60. The Labute approximate surface area is 139 Å². The second-order valence-electron chi connectivity index (χ2n) is 7.32. The Hall–Kier alpha value is -1.16. The summed E-state index contributed by atoms with van der Waals surface area (Å²) >= 11 is 3.32. The van der Waals surface area contributed by atoms with Crippen molar-refractivity contribution < 1.29 is 14.7 Å². The lowest BCUT2D eigenvalue weighted by atomic mass is 9.62. The van der Waals surface area contributed by atoms with Gasteiger partial charge in [-0.1, -0.05) is 26.8 Å². The lowest BCUT2D eigenvalue weighted by molar-refractivity contribution is -0.124. The summed E-state index contributed by atoms with van der Waals surface area (Å²) in [5, 5.41) is 10.4. The molecule has 0 aromatic heterocycles. The largest absolute Gasteiger partial charge is 0.506 e. The fourth-order valence-electron chi connectivity index (χ4n) is 4.47. The van der Waals surface area contributed by atoms with Crippen LogP contribution in [0, 0.1) is 24.2 Å². The maximum Gasteiger partial charge on any atom is 0.233 e. The molecule has 0 spiro atoms. The molecule has 1 aromatic rings. The lowest BCUT2D eigenvalue weighted by Crippen LogP contribution is -2.43. The number of benzene rings is 1. The van der Waals surface area contributed by atoms with E-state index in [1.165, 1.54) is 0 Å². The summed E-state index contributed by atoms with van der Waals surface area (Å²) in [6.07, 6.45) is 1.70. The van der Waals surface area contributed by atoms with Gasteiger partial charge < -0.3 is 5.11 Å². The van der Waals surface area contributed by atoms with Crippen molar-refractivity contribution in [3.8, 4) is 5.75 Å². The second kappa shape index (κ2) is 4.92. The normalized spacial score (nSPS) is 30.6. The van der Waals surface area contributed by atoms with Gasteiger partial charge >= 0.3 is 0 Å². The third-order valence-electron chi connectivity index (χ3n) is 5.71. The molecule has 0 radical (unpaired) electrons. The number of ketones is 2. The van der Waals surface area contributed by atoms with Gasteiger partial charge in [-0.15, -0.1) is 0 Å². The number of carbonyl (C=O) groups is 2. The van der Waals surface area contributed by atoms with Crippen LogP contribution in [0.1, 0.15) is 61.0 Å². The minimum absolute atomic E-state index is 0.0189. The number of hydrogen-bond acceptors (Lipinski definition) is 3. The first-order chi connectivity index (χ1) is 10.2. The highest BCUT2D eigenvalue weighted by Gasteiger charge is 2.57. The lowest BCUT2D eigenvalue weighted by Gasteiger charge is -2.39. The van der Waals surface area contributed by atoms with Gasteiger partial charge in [-0.2, -0.15) is 0 Å². The molecule has 2 aliphatic carbocycles. The molecule has 3 atom stereocenters. The molecule has 0 aliphatic heterocycles. The summed E-state index contributed by atoms with van der Waals surface area (Å²) in [5.41, 5.74) is 1.36. The molecule has 1 aromatic carbocycles. The maximum atomic E-state index is 12.7. The van der Waals surface area contributed by atoms with E-state index in [4.69, 9.17) is 0 Å². The first kappa shape index (κ1) is 15.7. The van der Waals surface area contributed by atoms with Crippen molar-refractivity contribution in [3.05, 3.63) is 27.2 Å². The fraction of sp³-hybridized carbons (Fsp3) is 0.556. The molecule has 22 heavy (non-hydrogen) atoms. The highest BCUT2D eigenvalue weighted by atomic mass is 79.9. The van der Waals surface area contributed by atoms with Gasteiger partial charge in [-0.25, -0.2) is 0 Å². The average molecular weight is 365 g/mol. The topological polar surface area (TPSA) is 54.4 Å². The maximum absolute atomic E-state index is 12.7. The Balaban J connectivity index is 2.32. The SMILES string of the molecule is Cc1cc2c(c(O)c1Br)C(=O)C(=O)[C@]1(C)CC[C@H](C(C)C)[C@H]21. The van der Waals surface area contributed by atoms with Crippen molar-refractivity contribution in [2.45, 2.75) is 46.5 Å². The van der Waals surface area contributed by atoms with E-state index in [9.17, 15) is 14.7 Å². The van der Waals surface area contributed by atoms with E-state index in [0.29, 0.717) is 16.3 Å². The molecule has 0 unspecified atom stereocenters. The van der Waals surface area contributed by atoms with Gasteiger partial charge in [0.05, 0.1) is 10.0 Å². The van der Waals surface area contributed by atoms with Crippen LogP contribution < -0.4 is 0 Å². The van der Waals surface area contributed by atoms with Crippen LogP contribution in [0.15, 0.2) is 10.5 Å². The summed E-state index contributed by atoms with van der Waals surface area (Å²) in [6, 6.07) is 1.98. The van der Waals surface area contributed by atoms with Crippen molar-refractivity contribution in [1.82, 2.24) is 0 Å². The Kier molecular flexibility index (Phi) is 3.52. The van der Waals surface area contributed by atoms with E-state index in [1.807, 2.05) is 19.9 Å². The Bertz CT molecular complexity index is 692. The molecule has 1 saturated carbocycles. The second-order valence-corrected chi connectivity index (χ2v) is 8.11. The molecule has 2 aliphatic rings. The van der Waals surface area contributed by atoms with Gasteiger partial charge in [0.25, 0.3) is 0 Å². The number of aryl methyl sites for hydroxylation is 1. The average Bonchev–Trinajstić information content (AvgIpc) is 2.81. The zero-order valence-electron chi connectivity index (χ0n) is 13.4. The molecule has 4 heteroatoms. The Morgan fingerprint density at radius 3 is 2.59 bits per heavy atom. The van der Waals surface area contributed by atoms with Crippen molar-refractivity contribution in [2.75, 3.05) is 0 Å². The summed E-state index contributed by atoms with van der Waals surface area (Å²) in [4.78, 5) is 25.3. The van der Waals surface area contributed by atoms with E-state index in [2.05, 4.69) is 29.8 Å². The van der Waals surface area contributed by atoms with Crippen LogP contribution >= 0.6 is 15.9 Å². The molecular weight excluding hydrogens is 344 g/mol. The molecule has 0 amide bonds. The van der Waals surface area contributed by atoms with Crippen molar-refractivity contribution in [2.24, 2.45) is 17.3 Å². The number of fused-ring (bicyclic) bond motifs is 3. The predicted octanol–water partition coefficient (Wildman–Crippen LogP) is 4.38. The van der Waals surface area contributed by atoms with Crippen LogP contribution in [-0.2, 0) is 4.79 Å². The zero-order chi connectivity index (χ0) is 16.4. The minimum atomic E-state index is -0.619. The number of aromatic hydroxyl groups is 1. The van der Waals surface area contributed by atoms with Crippen LogP contribution in [0.5, 0.6) is 5.75 Å². The van der Waals surface area contributed by atoms with E-state index in [-0.39, 0.29) is 23.0 Å². The van der Waals surface area contributed by atoms with Gasteiger partial charge in [0.1, 0.15) is 5.75 Å². The molecule has 1 fully saturated rings. The molecule has 3 rings (SSSR count). The van der Waals surface area contributed by atoms with E-state index in [1.54, 1.807) is 0 Å². The number of halogens is 1. The van der Waals surface area contributed by atoms with Crippen LogP contribution in [0.3, 0.4) is 0 Å². The van der Waals surface area contributed by atoms with Crippen molar-refractivity contribution >= 4 is 27.5 Å². The summed E-state index contributed by atoms with van der Waals surface area (Å²) in [5.74, 6) is -0.127. The van der Waals surface area contributed by atoms with Gasteiger partial charge in [-0.05, 0) is 58.7 Å². The number of carbonyl (C=O) groups excluding carboxylic acids is 2. The third kappa shape index (κ3) is 1.86. The standard InChI is InChI=1S/C18H21BrO3/c1-8(2)10-5-6-18(4)13(10)11-7-9(3)14(19)15(20)12(11)16(21)17(18)22/h7-8,10,13,20H,5-6H2,1-4H3/t10-,13-,18-/m1/s1. The van der Waals surface area contributed by atoms with Gasteiger partial charge in [0.15, 0.2) is 0 Å². The number of phenolic OH excluding ortho intramolecular Hbond substituents is 1. The number of Topliss-reactive ketones (excluding diaryl/α,β-unsaturated/α-hetero) is 2. The predicted molar refractivity (Wildman–Crippen MR) is 88.3 cm³/mol. The monoisotopic (exact) mass is 364 g/mol. The molecular formula is C18H21BrO3. The van der Waals surface area contributed by atoms with E-state index in [0.717, 1.165) is 24.0 Å². The molecule has 3 nitrogen and oxygen atoms in total. The van der Waals surface area contributed by atoms with Crippen molar-refractivity contribution in [1.29, 1.82) is 0 Å². The van der Waals surface area contributed by atoms with Crippen LogP contribution in [0.25, 0.3) is 0 Å². The van der Waals surface area contributed by atoms with Crippen LogP contribution in [-0.4, -0.2) is 16.7 Å². The minimum Gasteiger partial charge on any atom is -0.506 e. The summed E-state index contributed by atoms with van der Waals surface area (Å²) < 4.78 is 0.509. The molecule has 0 bridgehead atoms. The van der Waals surface area contributed by atoms with E-state index >= 15 is 0 Å². The summed E-state index contributed by atoms with van der Waals surface area (Å²) in [7, 11) is 0. The Morgan fingerprint density at radius 1 is 1.36 bits per heavy atom. The van der Waals surface area contributed by atoms with Gasteiger partial charge in [0, 0.05) is 11.3 Å². The van der Waals surface area contributed by atoms with Crippen LogP contribution in [0.2, 0.25) is 0 Å². The zero-order valence-corrected chi connectivity index (χ0v) is 15.0. The third-order valence-corrected chi connectivity index (χ3v) is 6.71. The molecule has 1 N–H and O–H groups in total. The quantitative estimate of drug-likeness (QED) is 0.752. The van der Waals surface area contributed by atoms with Gasteiger partial charge in [0.2, 0.25) is 11.6 Å². The molecule has 0 saturated heterocycles. The highest BCUT2D eigenvalue weighted by Crippen LogP contribution is 2.60. The number of hydrogen-bond donors (Lipinski definition) is 1. The first-order valence-electron chi connectivity index (χ1n) is 7.81. The fourth-order valence-corrected chi connectivity index (χ4v) is 4.78. The van der Waals surface area contributed by atoms with E-state index < -0.39 is 11.2 Å². The Morgan fingerprint density at radius 2 is 2.00 bits per heavy atom. The number of rotatable bonds is 1.